The van der Waals surface area contributed by atoms with Gasteiger partial charge < -0.3 is 15.4 Å². The highest BCUT2D eigenvalue weighted by atomic mass is 127. The first-order chi connectivity index (χ1) is 8.36. The molecule has 1 aliphatic heterocycles. The summed E-state index contributed by atoms with van der Waals surface area (Å²) in [6, 6.07) is 0. The van der Waals surface area contributed by atoms with E-state index in [9.17, 15) is 0 Å². The molecule has 0 fully saturated rings. The van der Waals surface area contributed by atoms with E-state index in [0.29, 0.717) is 0 Å². The minimum absolute atomic E-state index is 0. The number of rotatable bonds is 6. The fraction of sp³-hybridized carbons (Fsp3) is 0.750. The summed E-state index contributed by atoms with van der Waals surface area (Å²) < 4.78 is 5.28. The van der Waals surface area contributed by atoms with Crippen LogP contribution in [0, 0.1) is 0 Å². The molecule has 1 aliphatic rings. The van der Waals surface area contributed by atoms with Crippen LogP contribution in [0.5, 0.6) is 0 Å². The molecule has 0 bridgehead atoms. The molecule has 0 radical (unpaired) electrons. The molecule has 4 nitrogen and oxygen atoms in total. The molecule has 0 aromatic heterocycles. The highest BCUT2D eigenvalue weighted by Gasteiger charge is 2.03. The van der Waals surface area contributed by atoms with E-state index in [4.69, 9.17) is 4.74 Å². The number of hydrogen-bond donors (Lipinski definition) is 2. The van der Waals surface area contributed by atoms with Gasteiger partial charge in [0.25, 0.3) is 0 Å². The Labute approximate surface area is 131 Å². The van der Waals surface area contributed by atoms with Crippen LogP contribution in [0.4, 0.5) is 0 Å². The minimum atomic E-state index is 0. The SMILES string of the molecule is CN=C(NCCSC)NCCC1=CCOCC1.I. The molecule has 1 rings (SSSR count). The molecule has 0 spiro atoms. The van der Waals surface area contributed by atoms with Crippen LogP contribution in [-0.2, 0) is 4.74 Å². The maximum absolute atomic E-state index is 5.28. The monoisotopic (exact) mass is 385 g/mol. The molecule has 6 heteroatoms. The second kappa shape index (κ2) is 12.1. The van der Waals surface area contributed by atoms with Gasteiger partial charge in [-0.1, -0.05) is 11.6 Å². The van der Waals surface area contributed by atoms with Crippen molar-refractivity contribution in [3.63, 3.8) is 0 Å². The predicted molar refractivity (Wildman–Crippen MR) is 91.3 cm³/mol. The van der Waals surface area contributed by atoms with E-state index in [1.807, 2.05) is 18.8 Å². The van der Waals surface area contributed by atoms with E-state index in [1.54, 1.807) is 0 Å². The standard InChI is InChI=1S/C12H23N3OS.HI/c1-13-12(15-7-10-17-2)14-6-3-11-4-8-16-9-5-11;/h4H,3,5-10H2,1-2H3,(H2,13,14,15);1H. The van der Waals surface area contributed by atoms with Crippen LogP contribution in [-0.4, -0.2) is 51.3 Å². The number of nitrogens with zero attached hydrogens (tertiary/aromatic N) is 1. The lowest BCUT2D eigenvalue weighted by molar-refractivity contribution is 0.153. The number of aliphatic imine (C=N–C) groups is 1. The molecule has 18 heavy (non-hydrogen) atoms. The van der Waals surface area contributed by atoms with Gasteiger partial charge in [-0.2, -0.15) is 11.8 Å². The van der Waals surface area contributed by atoms with E-state index in [0.717, 1.165) is 50.9 Å². The van der Waals surface area contributed by atoms with Crippen molar-refractivity contribution in [3.8, 4) is 0 Å². The van der Waals surface area contributed by atoms with Gasteiger partial charge in [-0.3, -0.25) is 4.99 Å². The molecule has 2 N–H and O–H groups in total. The molecule has 0 amide bonds. The van der Waals surface area contributed by atoms with Gasteiger partial charge in [0.1, 0.15) is 0 Å². The van der Waals surface area contributed by atoms with Crippen molar-refractivity contribution in [2.75, 3.05) is 45.4 Å². The third-order valence-corrected chi connectivity index (χ3v) is 3.23. The first kappa shape index (κ1) is 18.0. The Morgan fingerprint density at radius 3 is 2.83 bits per heavy atom. The van der Waals surface area contributed by atoms with E-state index < -0.39 is 0 Å². The maximum Gasteiger partial charge on any atom is 0.191 e. The fourth-order valence-electron chi connectivity index (χ4n) is 1.63. The lowest BCUT2D eigenvalue weighted by Gasteiger charge is -2.15. The molecule has 0 atom stereocenters. The Morgan fingerprint density at radius 1 is 1.44 bits per heavy atom. The van der Waals surface area contributed by atoms with Crippen molar-refractivity contribution in [2.24, 2.45) is 4.99 Å². The Balaban J connectivity index is 0.00000289. The summed E-state index contributed by atoms with van der Waals surface area (Å²) in [5.41, 5.74) is 1.49. The number of halogens is 1. The normalized spacial score (nSPS) is 15.7. The van der Waals surface area contributed by atoms with E-state index >= 15 is 0 Å². The highest BCUT2D eigenvalue weighted by molar-refractivity contribution is 14.0. The zero-order valence-electron chi connectivity index (χ0n) is 11.2. The van der Waals surface area contributed by atoms with Crippen molar-refractivity contribution >= 4 is 41.7 Å². The molecule has 0 aliphatic carbocycles. The number of guanidine groups is 1. The number of thioether (sulfide) groups is 1. The summed E-state index contributed by atoms with van der Waals surface area (Å²) in [7, 11) is 1.81. The first-order valence-corrected chi connectivity index (χ1v) is 7.45. The Kier molecular flexibility index (Phi) is 12.1. The topological polar surface area (TPSA) is 45.7 Å². The average molecular weight is 385 g/mol. The molecular weight excluding hydrogens is 361 g/mol. The van der Waals surface area contributed by atoms with Gasteiger partial charge in [0, 0.05) is 25.9 Å². The van der Waals surface area contributed by atoms with Crippen molar-refractivity contribution in [1.29, 1.82) is 0 Å². The first-order valence-electron chi connectivity index (χ1n) is 6.06. The molecule has 0 unspecified atom stereocenters. The minimum Gasteiger partial charge on any atom is -0.377 e. The lowest BCUT2D eigenvalue weighted by Crippen LogP contribution is -2.39. The van der Waals surface area contributed by atoms with Crippen molar-refractivity contribution in [3.05, 3.63) is 11.6 Å². The largest absolute Gasteiger partial charge is 0.377 e. The third kappa shape index (κ3) is 8.20. The van der Waals surface area contributed by atoms with Crippen molar-refractivity contribution in [2.45, 2.75) is 12.8 Å². The smallest absolute Gasteiger partial charge is 0.191 e. The zero-order chi connectivity index (χ0) is 12.3. The second-order valence-electron chi connectivity index (χ2n) is 3.86. The van der Waals surface area contributed by atoms with E-state index in [2.05, 4.69) is 28.0 Å². The summed E-state index contributed by atoms with van der Waals surface area (Å²) in [6.45, 7) is 3.53. The van der Waals surface area contributed by atoms with Gasteiger partial charge in [0.05, 0.1) is 13.2 Å². The molecule has 0 saturated heterocycles. The molecule has 0 saturated carbocycles. The van der Waals surface area contributed by atoms with E-state index in [-0.39, 0.29) is 24.0 Å². The van der Waals surface area contributed by atoms with Crippen LogP contribution in [0.2, 0.25) is 0 Å². The highest BCUT2D eigenvalue weighted by Crippen LogP contribution is 2.10. The second-order valence-corrected chi connectivity index (χ2v) is 4.84. The maximum atomic E-state index is 5.28. The van der Waals surface area contributed by atoms with Crippen molar-refractivity contribution < 1.29 is 4.74 Å². The van der Waals surface area contributed by atoms with Crippen LogP contribution in [0.3, 0.4) is 0 Å². The van der Waals surface area contributed by atoms with E-state index in [1.165, 1.54) is 5.57 Å². The molecule has 0 aromatic rings. The number of hydrogen-bond acceptors (Lipinski definition) is 3. The molecule has 106 valence electrons. The Morgan fingerprint density at radius 2 is 2.22 bits per heavy atom. The number of ether oxygens (including phenoxy) is 1. The average Bonchev–Trinajstić information content (AvgIpc) is 2.38. The fourth-order valence-corrected chi connectivity index (χ4v) is 1.93. The summed E-state index contributed by atoms with van der Waals surface area (Å²) in [6.07, 6.45) is 6.44. The lowest BCUT2D eigenvalue weighted by atomic mass is 10.1. The summed E-state index contributed by atoms with van der Waals surface area (Å²) in [5, 5.41) is 6.61. The van der Waals surface area contributed by atoms with Gasteiger partial charge in [-0.15, -0.1) is 24.0 Å². The van der Waals surface area contributed by atoms with Crippen LogP contribution in [0.1, 0.15) is 12.8 Å². The quantitative estimate of drug-likeness (QED) is 0.241. The summed E-state index contributed by atoms with van der Waals surface area (Å²) >= 11 is 1.83. The van der Waals surface area contributed by atoms with Crippen LogP contribution in [0.15, 0.2) is 16.6 Å². The Hall–Kier alpha value is 0.0500. The summed E-state index contributed by atoms with van der Waals surface area (Å²) in [5.74, 6) is 2.00. The van der Waals surface area contributed by atoms with Crippen molar-refractivity contribution in [1.82, 2.24) is 10.6 Å². The predicted octanol–water partition coefficient (Wildman–Crippen LogP) is 1.87. The van der Waals surface area contributed by atoms with Gasteiger partial charge >= 0.3 is 0 Å². The van der Waals surface area contributed by atoms with Crippen LogP contribution < -0.4 is 10.6 Å². The molecule has 0 aromatic carbocycles. The molecular formula is C12H24IN3OS. The van der Waals surface area contributed by atoms with Gasteiger partial charge in [0.2, 0.25) is 0 Å². The van der Waals surface area contributed by atoms with Gasteiger partial charge in [0.15, 0.2) is 5.96 Å². The zero-order valence-corrected chi connectivity index (χ0v) is 14.3. The third-order valence-electron chi connectivity index (χ3n) is 2.62. The van der Waals surface area contributed by atoms with Crippen LogP contribution in [0.25, 0.3) is 0 Å². The Bertz CT molecular complexity index is 272. The van der Waals surface area contributed by atoms with Gasteiger partial charge in [-0.05, 0) is 19.1 Å². The van der Waals surface area contributed by atoms with Gasteiger partial charge in [-0.25, -0.2) is 0 Å². The summed E-state index contributed by atoms with van der Waals surface area (Å²) in [4.78, 5) is 4.18. The van der Waals surface area contributed by atoms with Crippen LogP contribution >= 0.6 is 35.7 Å². The molecule has 1 heterocycles. The number of nitrogens with one attached hydrogen (secondary N) is 2.